The molecule has 3 nitrogen and oxygen atoms in total. The fourth-order valence-electron chi connectivity index (χ4n) is 2.44. The highest BCUT2D eigenvalue weighted by Gasteiger charge is 2.36. The fraction of sp³-hybridized carbons (Fsp3) is 1.00. The van der Waals surface area contributed by atoms with Crippen LogP contribution < -0.4 is 5.32 Å². The molecule has 1 aliphatic rings. The largest absolute Gasteiger partial charge is 0.381 e. The second kappa shape index (κ2) is 6.58. The first-order chi connectivity index (χ1) is 7.61. The average molecular weight is 229 g/mol. The number of hydrogen-bond donors (Lipinski definition) is 1. The van der Waals surface area contributed by atoms with Gasteiger partial charge in [0.15, 0.2) is 0 Å². The van der Waals surface area contributed by atoms with Crippen molar-refractivity contribution < 1.29 is 9.47 Å². The number of methoxy groups -OCH3 is 1. The van der Waals surface area contributed by atoms with Crippen LogP contribution >= 0.6 is 0 Å². The molecule has 1 aliphatic heterocycles. The van der Waals surface area contributed by atoms with Crippen LogP contribution in [0.5, 0.6) is 0 Å². The number of rotatable bonds is 6. The van der Waals surface area contributed by atoms with Gasteiger partial charge in [0, 0.05) is 25.7 Å². The first kappa shape index (κ1) is 13.9. The van der Waals surface area contributed by atoms with Gasteiger partial charge in [0.25, 0.3) is 0 Å². The van der Waals surface area contributed by atoms with Crippen molar-refractivity contribution in [1.82, 2.24) is 5.32 Å². The molecule has 0 aliphatic carbocycles. The number of nitrogens with one attached hydrogen (secondary N) is 1. The minimum Gasteiger partial charge on any atom is -0.381 e. The van der Waals surface area contributed by atoms with E-state index in [2.05, 4.69) is 26.1 Å². The summed E-state index contributed by atoms with van der Waals surface area (Å²) < 4.78 is 11.2. The molecule has 1 fully saturated rings. The van der Waals surface area contributed by atoms with E-state index in [1.165, 1.54) is 12.8 Å². The molecule has 0 aromatic carbocycles. The molecule has 1 saturated heterocycles. The van der Waals surface area contributed by atoms with Crippen molar-refractivity contribution in [2.24, 2.45) is 5.92 Å². The Morgan fingerprint density at radius 3 is 2.75 bits per heavy atom. The van der Waals surface area contributed by atoms with Gasteiger partial charge in [-0.15, -0.1) is 0 Å². The van der Waals surface area contributed by atoms with Crippen LogP contribution in [0.2, 0.25) is 0 Å². The molecule has 0 aromatic rings. The van der Waals surface area contributed by atoms with Gasteiger partial charge in [-0.3, -0.25) is 0 Å². The smallest absolute Gasteiger partial charge is 0.0778 e. The molecule has 3 heteroatoms. The first-order valence-electron chi connectivity index (χ1n) is 6.48. The summed E-state index contributed by atoms with van der Waals surface area (Å²) in [5, 5.41) is 3.63. The lowest BCUT2D eigenvalue weighted by atomic mass is 9.83. The summed E-state index contributed by atoms with van der Waals surface area (Å²) in [6, 6.07) is 0.387. The Balaban J connectivity index is 2.61. The monoisotopic (exact) mass is 229 g/mol. The molecule has 2 unspecified atom stereocenters. The zero-order valence-corrected chi connectivity index (χ0v) is 11.2. The van der Waals surface area contributed by atoms with Crippen LogP contribution in [0.15, 0.2) is 0 Å². The van der Waals surface area contributed by atoms with E-state index in [-0.39, 0.29) is 5.60 Å². The van der Waals surface area contributed by atoms with E-state index in [0.717, 1.165) is 26.2 Å². The van der Waals surface area contributed by atoms with Gasteiger partial charge in [0.1, 0.15) is 0 Å². The van der Waals surface area contributed by atoms with Crippen molar-refractivity contribution in [2.45, 2.75) is 51.7 Å². The van der Waals surface area contributed by atoms with Crippen LogP contribution in [0.3, 0.4) is 0 Å². The highest BCUT2D eigenvalue weighted by Crippen LogP contribution is 2.26. The molecule has 1 rings (SSSR count). The number of ether oxygens (including phenoxy) is 2. The highest BCUT2D eigenvalue weighted by atomic mass is 16.5. The van der Waals surface area contributed by atoms with E-state index in [1.54, 1.807) is 7.11 Å². The maximum absolute atomic E-state index is 5.63. The molecule has 0 saturated carbocycles. The fourth-order valence-corrected chi connectivity index (χ4v) is 2.44. The lowest BCUT2D eigenvalue weighted by Crippen LogP contribution is -2.54. The molecule has 0 aromatic heterocycles. The molecule has 2 atom stereocenters. The lowest BCUT2D eigenvalue weighted by molar-refractivity contribution is -0.0563. The van der Waals surface area contributed by atoms with Gasteiger partial charge in [0.2, 0.25) is 0 Å². The van der Waals surface area contributed by atoms with Gasteiger partial charge in [-0.25, -0.2) is 0 Å². The minimum atomic E-state index is -0.124. The normalized spacial score (nSPS) is 24.4. The van der Waals surface area contributed by atoms with E-state index in [4.69, 9.17) is 9.47 Å². The van der Waals surface area contributed by atoms with Crippen molar-refractivity contribution in [3.63, 3.8) is 0 Å². The van der Waals surface area contributed by atoms with Crippen LogP contribution in [0.25, 0.3) is 0 Å². The maximum atomic E-state index is 5.63. The molecule has 0 radical (unpaired) electrons. The van der Waals surface area contributed by atoms with Gasteiger partial charge in [-0.2, -0.15) is 0 Å². The predicted molar refractivity (Wildman–Crippen MR) is 66.7 cm³/mol. The third-order valence-electron chi connectivity index (χ3n) is 3.56. The van der Waals surface area contributed by atoms with Crippen LogP contribution in [0.1, 0.15) is 40.0 Å². The van der Waals surface area contributed by atoms with Crippen molar-refractivity contribution in [3.8, 4) is 0 Å². The summed E-state index contributed by atoms with van der Waals surface area (Å²) in [5.74, 6) is 0.579. The van der Waals surface area contributed by atoms with Crippen molar-refractivity contribution in [3.05, 3.63) is 0 Å². The van der Waals surface area contributed by atoms with Gasteiger partial charge in [-0.05, 0) is 39.7 Å². The van der Waals surface area contributed by atoms with Crippen LogP contribution in [0, 0.1) is 5.92 Å². The zero-order chi connectivity index (χ0) is 12.0. The molecule has 16 heavy (non-hydrogen) atoms. The van der Waals surface area contributed by atoms with Crippen molar-refractivity contribution in [1.29, 1.82) is 0 Å². The Morgan fingerprint density at radius 2 is 2.25 bits per heavy atom. The Bertz CT molecular complexity index is 188. The summed E-state index contributed by atoms with van der Waals surface area (Å²) in [6.45, 7) is 9.36. The second-order valence-electron chi connectivity index (χ2n) is 5.22. The topological polar surface area (TPSA) is 30.5 Å². The number of hydrogen-bond acceptors (Lipinski definition) is 3. The maximum Gasteiger partial charge on any atom is 0.0778 e. The van der Waals surface area contributed by atoms with E-state index in [0.29, 0.717) is 12.0 Å². The second-order valence-corrected chi connectivity index (χ2v) is 5.22. The van der Waals surface area contributed by atoms with Crippen LogP contribution in [-0.2, 0) is 9.47 Å². The third-order valence-corrected chi connectivity index (χ3v) is 3.56. The van der Waals surface area contributed by atoms with Crippen LogP contribution in [0.4, 0.5) is 0 Å². The molecular weight excluding hydrogens is 202 g/mol. The van der Waals surface area contributed by atoms with Crippen molar-refractivity contribution in [2.75, 3.05) is 26.9 Å². The minimum absolute atomic E-state index is 0.124. The SMILES string of the molecule is CCCNC(C1CCCOC1)C(C)(C)OC. The Morgan fingerprint density at radius 1 is 1.50 bits per heavy atom. The molecule has 0 bridgehead atoms. The summed E-state index contributed by atoms with van der Waals surface area (Å²) in [6.07, 6.45) is 3.58. The van der Waals surface area contributed by atoms with E-state index in [1.807, 2.05) is 0 Å². The van der Waals surface area contributed by atoms with E-state index < -0.39 is 0 Å². The van der Waals surface area contributed by atoms with E-state index in [9.17, 15) is 0 Å². The standard InChI is InChI=1S/C13H27NO2/c1-5-8-14-12(13(2,3)15-4)11-7-6-9-16-10-11/h11-12,14H,5-10H2,1-4H3. The third kappa shape index (κ3) is 3.72. The van der Waals surface area contributed by atoms with Crippen molar-refractivity contribution >= 4 is 0 Å². The molecule has 1 heterocycles. The summed E-state index contributed by atoms with van der Waals surface area (Å²) in [7, 11) is 1.80. The lowest BCUT2D eigenvalue weighted by Gasteiger charge is -2.40. The Labute approximate surface area is 99.9 Å². The average Bonchev–Trinajstić information content (AvgIpc) is 2.31. The molecular formula is C13H27NO2. The summed E-state index contributed by atoms with van der Waals surface area (Å²) in [5.41, 5.74) is -0.124. The summed E-state index contributed by atoms with van der Waals surface area (Å²) >= 11 is 0. The van der Waals surface area contributed by atoms with E-state index >= 15 is 0 Å². The van der Waals surface area contributed by atoms with Gasteiger partial charge in [-0.1, -0.05) is 6.92 Å². The summed E-state index contributed by atoms with van der Waals surface area (Å²) in [4.78, 5) is 0. The molecule has 96 valence electrons. The van der Waals surface area contributed by atoms with Crippen LogP contribution in [-0.4, -0.2) is 38.5 Å². The first-order valence-corrected chi connectivity index (χ1v) is 6.48. The molecule has 1 N–H and O–H groups in total. The molecule has 0 spiro atoms. The Hall–Kier alpha value is -0.120. The Kier molecular flexibility index (Phi) is 5.73. The van der Waals surface area contributed by atoms with Gasteiger partial charge >= 0.3 is 0 Å². The predicted octanol–water partition coefficient (Wildman–Crippen LogP) is 2.21. The van der Waals surface area contributed by atoms with Gasteiger partial charge in [0.05, 0.1) is 12.2 Å². The van der Waals surface area contributed by atoms with Gasteiger partial charge < -0.3 is 14.8 Å². The highest BCUT2D eigenvalue weighted by molar-refractivity contribution is 4.91. The zero-order valence-electron chi connectivity index (χ0n) is 11.2. The molecule has 0 amide bonds. The quantitative estimate of drug-likeness (QED) is 0.757.